The van der Waals surface area contributed by atoms with E-state index in [2.05, 4.69) is 5.32 Å². The van der Waals surface area contributed by atoms with Crippen LogP contribution >= 0.6 is 0 Å². The maximum absolute atomic E-state index is 11.8. The average Bonchev–Trinajstić information content (AvgIpc) is 2.75. The maximum atomic E-state index is 11.8. The Bertz CT molecular complexity index is 250. The summed E-state index contributed by atoms with van der Waals surface area (Å²) in [5, 5.41) is 11.7. The van der Waals surface area contributed by atoms with Crippen LogP contribution in [0.3, 0.4) is 0 Å². The third-order valence-electron chi connectivity index (χ3n) is 2.92. The van der Waals surface area contributed by atoms with Crippen molar-refractivity contribution in [1.82, 2.24) is 10.2 Å². The number of nitrogens with zero attached hydrogens (tertiary/aromatic N) is 1. The Balaban J connectivity index is 2.54. The summed E-state index contributed by atoms with van der Waals surface area (Å²) in [6.07, 6.45) is 4.06. The summed E-state index contributed by atoms with van der Waals surface area (Å²) in [5.41, 5.74) is 0. The molecular formula is C11H20N2O3. The lowest BCUT2D eigenvalue weighted by molar-refractivity contribution is -0.145. The third kappa shape index (κ3) is 3.81. The fourth-order valence-electron chi connectivity index (χ4n) is 2.12. The van der Waals surface area contributed by atoms with E-state index in [0.29, 0.717) is 0 Å². The summed E-state index contributed by atoms with van der Waals surface area (Å²) in [6.45, 7) is 2.71. The van der Waals surface area contributed by atoms with Gasteiger partial charge in [-0.25, -0.2) is 0 Å². The molecule has 92 valence electrons. The van der Waals surface area contributed by atoms with Crippen LogP contribution in [0.5, 0.6) is 0 Å². The maximum Gasteiger partial charge on any atom is 0.323 e. The predicted molar refractivity (Wildman–Crippen MR) is 60.1 cm³/mol. The van der Waals surface area contributed by atoms with Gasteiger partial charge in [-0.3, -0.25) is 9.59 Å². The number of amides is 1. The Kier molecular flexibility index (Phi) is 5.25. The Hall–Kier alpha value is -1.10. The summed E-state index contributed by atoms with van der Waals surface area (Å²) < 4.78 is 0. The van der Waals surface area contributed by atoms with E-state index >= 15 is 0 Å². The molecule has 1 fully saturated rings. The van der Waals surface area contributed by atoms with Gasteiger partial charge in [0.05, 0.1) is 6.54 Å². The lowest BCUT2D eigenvalue weighted by Gasteiger charge is -2.27. The number of carboxylic acid groups (broad SMARTS) is 1. The molecule has 0 aromatic carbocycles. The second-order valence-corrected chi connectivity index (χ2v) is 4.13. The predicted octanol–water partition coefficient (Wildman–Crippen LogP) is 0.452. The van der Waals surface area contributed by atoms with E-state index in [1.54, 1.807) is 0 Å². The van der Waals surface area contributed by atoms with Crippen LogP contribution in [0.25, 0.3) is 0 Å². The van der Waals surface area contributed by atoms with Crippen molar-refractivity contribution in [2.75, 3.05) is 19.6 Å². The number of carbonyl (C=O) groups is 2. The first-order valence-electron chi connectivity index (χ1n) is 5.87. The first-order valence-corrected chi connectivity index (χ1v) is 5.87. The summed E-state index contributed by atoms with van der Waals surface area (Å²) in [5.74, 6) is -1.03. The van der Waals surface area contributed by atoms with Crippen molar-refractivity contribution >= 4 is 11.9 Å². The number of carboxylic acids is 1. The molecule has 0 radical (unpaired) electrons. The van der Waals surface area contributed by atoms with Crippen LogP contribution in [0.4, 0.5) is 0 Å². The SMILES string of the molecule is CCNCC(=O)N(CC(=O)O)C1CCCC1. The zero-order chi connectivity index (χ0) is 12.0. The van der Waals surface area contributed by atoms with Gasteiger partial charge in [0.25, 0.3) is 0 Å². The van der Waals surface area contributed by atoms with E-state index in [1.807, 2.05) is 6.92 Å². The minimum atomic E-state index is -0.934. The number of hydrogen-bond acceptors (Lipinski definition) is 3. The van der Waals surface area contributed by atoms with E-state index in [0.717, 1.165) is 32.2 Å². The number of hydrogen-bond donors (Lipinski definition) is 2. The molecule has 0 aromatic rings. The quantitative estimate of drug-likeness (QED) is 0.692. The number of likely N-dealkylation sites (N-methyl/N-ethyl adjacent to an activating group) is 1. The topological polar surface area (TPSA) is 69.6 Å². The minimum absolute atomic E-state index is 0.101. The van der Waals surface area contributed by atoms with E-state index in [4.69, 9.17) is 5.11 Å². The molecule has 1 aliphatic carbocycles. The molecule has 0 spiro atoms. The van der Waals surface area contributed by atoms with Crippen molar-refractivity contribution < 1.29 is 14.7 Å². The van der Waals surface area contributed by atoms with Gasteiger partial charge in [0.15, 0.2) is 0 Å². The molecule has 1 rings (SSSR count). The smallest absolute Gasteiger partial charge is 0.323 e. The van der Waals surface area contributed by atoms with Gasteiger partial charge < -0.3 is 15.3 Å². The van der Waals surface area contributed by atoms with Gasteiger partial charge in [-0.2, -0.15) is 0 Å². The van der Waals surface area contributed by atoms with Gasteiger partial charge in [-0.05, 0) is 19.4 Å². The lowest BCUT2D eigenvalue weighted by atomic mass is 10.2. The van der Waals surface area contributed by atoms with E-state index < -0.39 is 5.97 Å². The molecule has 0 atom stereocenters. The summed E-state index contributed by atoms with van der Waals surface area (Å²) in [6, 6.07) is 0.127. The average molecular weight is 228 g/mol. The molecule has 5 nitrogen and oxygen atoms in total. The van der Waals surface area contributed by atoms with Gasteiger partial charge in [0.2, 0.25) is 5.91 Å². The highest BCUT2D eigenvalue weighted by Crippen LogP contribution is 2.23. The van der Waals surface area contributed by atoms with Gasteiger partial charge in [0, 0.05) is 6.04 Å². The van der Waals surface area contributed by atoms with Crippen molar-refractivity contribution in [2.45, 2.75) is 38.6 Å². The number of rotatable bonds is 6. The van der Waals surface area contributed by atoms with E-state index in [9.17, 15) is 9.59 Å². The zero-order valence-electron chi connectivity index (χ0n) is 9.74. The molecule has 0 aromatic heterocycles. The number of carbonyl (C=O) groups excluding carboxylic acids is 1. The molecular weight excluding hydrogens is 208 g/mol. The van der Waals surface area contributed by atoms with Crippen LogP contribution in [0.2, 0.25) is 0 Å². The summed E-state index contributed by atoms with van der Waals surface area (Å²) in [7, 11) is 0. The zero-order valence-corrected chi connectivity index (χ0v) is 9.74. The van der Waals surface area contributed by atoms with Gasteiger partial charge >= 0.3 is 5.97 Å². The van der Waals surface area contributed by atoms with Crippen LogP contribution in [0.15, 0.2) is 0 Å². The molecule has 0 saturated heterocycles. The molecule has 16 heavy (non-hydrogen) atoms. The highest BCUT2D eigenvalue weighted by molar-refractivity contribution is 5.83. The Labute approximate surface area is 95.8 Å². The van der Waals surface area contributed by atoms with E-state index in [-0.39, 0.29) is 25.0 Å². The van der Waals surface area contributed by atoms with Crippen molar-refractivity contribution in [1.29, 1.82) is 0 Å². The highest BCUT2D eigenvalue weighted by atomic mass is 16.4. The van der Waals surface area contributed by atoms with E-state index in [1.165, 1.54) is 4.90 Å². The fraction of sp³-hybridized carbons (Fsp3) is 0.818. The molecule has 1 amide bonds. The molecule has 5 heteroatoms. The largest absolute Gasteiger partial charge is 0.480 e. The first-order chi connectivity index (χ1) is 7.65. The van der Waals surface area contributed by atoms with Gasteiger partial charge in [0.1, 0.15) is 6.54 Å². The van der Waals surface area contributed by atoms with Crippen LogP contribution in [0, 0.1) is 0 Å². The van der Waals surface area contributed by atoms with Crippen LogP contribution in [-0.2, 0) is 9.59 Å². The summed E-state index contributed by atoms with van der Waals surface area (Å²) in [4.78, 5) is 24.1. The molecule has 1 aliphatic rings. The Morgan fingerprint density at radius 2 is 2.00 bits per heavy atom. The second kappa shape index (κ2) is 6.48. The van der Waals surface area contributed by atoms with Crippen LogP contribution in [-0.4, -0.2) is 47.6 Å². The Morgan fingerprint density at radius 3 is 2.50 bits per heavy atom. The van der Waals surface area contributed by atoms with Gasteiger partial charge in [-0.1, -0.05) is 19.8 Å². The molecule has 0 heterocycles. The normalized spacial score (nSPS) is 16.3. The second-order valence-electron chi connectivity index (χ2n) is 4.13. The molecule has 1 saturated carbocycles. The van der Waals surface area contributed by atoms with Gasteiger partial charge in [-0.15, -0.1) is 0 Å². The van der Waals surface area contributed by atoms with Crippen LogP contribution in [0.1, 0.15) is 32.6 Å². The standard InChI is InChI=1S/C11H20N2O3/c1-2-12-7-10(14)13(8-11(15)16)9-5-3-4-6-9/h9,12H,2-8H2,1H3,(H,15,16). The van der Waals surface area contributed by atoms with Crippen LogP contribution < -0.4 is 5.32 Å². The Morgan fingerprint density at radius 1 is 1.38 bits per heavy atom. The summed E-state index contributed by atoms with van der Waals surface area (Å²) >= 11 is 0. The van der Waals surface area contributed by atoms with Crippen molar-refractivity contribution in [3.63, 3.8) is 0 Å². The fourth-order valence-corrected chi connectivity index (χ4v) is 2.12. The molecule has 0 aliphatic heterocycles. The van der Waals surface area contributed by atoms with Crippen molar-refractivity contribution in [2.24, 2.45) is 0 Å². The monoisotopic (exact) mass is 228 g/mol. The third-order valence-corrected chi connectivity index (χ3v) is 2.92. The molecule has 2 N–H and O–H groups in total. The number of nitrogens with one attached hydrogen (secondary N) is 1. The highest BCUT2D eigenvalue weighted by Gasteiger charge is 2.27. The van der Waals surface area contributed by atoms with Crippen molar-refractivity contribution in [3.05, 3.63) is 0 Å². The molecule has 0 unspecified atom stereocenters. The first kappa shape index (κ1) is 13.0. The molecule has 0 bridgehead atoms. The minimum Gasteiger partial charge on any atom is -0.480 e. The van der Waals surface area contributed by atoms with Crippen molar-refractivity contribution in [3.8, 4) is 0 Å². The lowest BCUT2D eigenvalue weighted by Crippen LogP contribution is -2.46. The number of aliphatic carboxylic acids is 1.